The van der Waals surface area contributed by atoms with E-state index in [1.165, 1.54) is 5.56 Å². The van der Waals surface area contributed by atoms with E-state index in [1.807, 2.05) is 19.1 Å². The quantitative estimate of drug-likeness (QED) is 0.855. The van der Waals surface area contributed by atoms with Crippen molar-refractivity contribution in [2.45, 2.75) is 20.4 Å². The van der Waals surface area contributed by atoms with Gasteiger partial charge in [0.2, 0.25) is 0 Å². The van der Waals surface area contributed by atoms with Crippen molar-refractivity contribution in [2.24, 2.45) is 0 Å². The minimum Gasteiger partial charge on any atom is -0.486 e. The molecule has 0 aliphatic carbocycles. The topological polar surface area (TPSA) is 33.7 Å². The van der Waals surface area contributed by atoms with E-state index in [4.69, 9.17) is 21.7 Å². The highest BCUT2D eigenvalue weighted by atomic mass is 32.1. The molecule has 1 heterocycles. The maximum atomic E-state index is 5.60. The summed E-state index contributed by atoms with van der Waals surface area (Å²) in [5, 5.41) is 3.97. The van der Waals surface area contributed by atoms with Crippen molar-refractivity contribution in [1.82, 2.24) is 10.2 Å². The maximum Gasteiger partial charge on any atom is 0.169 e. The fraction of sp³-hybridized carbons (Fsp3) is 0.500. The van der Waals surface area contributed by atoms with Gasteiger partial charge in [0.25, 0.3) is 0 Å². The smallest absolute Gasteiger partial charge is 0.169 e. The first kappa shape index (κ1) is 13.9. The molecule has 0 unspecified atom stereocenters. The largest absolute Gasteiger partial charge is 0.486 e. The fourth-order valence-corrected chi connectivity index (χ4v) is 2.33. The van der Waals surface area contributed by atoms with E-state index in [-0.39, 0.29) is 0 Å². The molecule has 0 aromatic heterocycles. The Kier molecular flexibility index (Phi) is 4.85. The molecular weight excluding hydrogens is 260 g/mol. The van der Waals surface area contributed by atoms with Gasteiger partial charge in [0, 0.05) is 19.6 Å². The first-order chi connectivity index (χ1) is 9.24. The van der Waals surface area contributed by atoms with Crippen molar-refractivity contribution >= 4 is 17.3 Å². The number of ether oxygens (including phenoxy) is 2. The zero-order chi connectivity index (χ0) is 13.7. The zero-order valence-electron chi connectivity index (χ0n) is 11.4. The third-order valence-corrected chi connectivity index (χ3v) is 3.38. The predicted molar refractivity (Wildman–Crippen MR) is 79.8 cm³/mol. The van der Waals surface area contributed by atoms with Crippen LogP contribution in [0.1, 0.15) is 19.4 Å². The van der Waals surface area contributed by atoms with Crippen LogP contribution in [0.4, 0.5) is 0 Å². The normalized spacial score (nSPS) is 12.9. The molecule has 0 spiro atoms. The number of hydrogen-bond donors (Lipinski definition) is 1. The van der Waals surface area contributed by atoms with Crippen LogP contribution in [0.25, 0.3) is 0 Å². The van der Waals surface area contributed by atoms with Crippen LogP contribution in [0.3, 0.4) is 0 Å². The molecule has 1 aliphatic rings. The maximum absolute atomic E-state index is 5.60. The van der Waals surface area contributed by atoms with Crippen molar-refractivity contribution in [3.8, 4) is 11.5 Å². The van der Waals surface area contributed by atoms with E-state index in [2.05, 4.69) is 23.2 Å². The minimum absolute atomic E-state index is 0.615. The van der Waals surface area contributed by atoms with Gasteiger partial charge < -0.3 is 19.7 Å². The van der Waals surface area contributed by atoms with Gasteiger partial charge in [0.1, 0.15) is 13.2 Å². The summed E-state index contributed by atoms with van der Waals surface area (Å²) in [4.78, 5) is 2.13. The Morgan fingerprint density at radius 2 is 2.00 bits per heavy atom. The van der Waals surface area contributed by atoms with Crippen LogP contribution in [0, 0.1) is 0 Å². The number of nitrogens with one attached hydrogen (secondary N) is 1. The highest BCUT2D eigenvalue weighted by Gasteiger charge is 2.13. The monoisotopic (exact) mass is 280 g/mol. The average Bonchev–Trinajstić information content (AvgIpc) is 2.44. The Hall–Kier alpha value is -1.49. The van der Waals surface area contributed by atoms with Gasteiger partial charge in [-0.3, -0.25) is 0 Å². The standard InChI is InChI=1S/C14H20N2O2S/c1-3-15-14(19)16(4-2)10-11-5-6-12-13(9-11)18-8-7-17-12/h5-6,9H,3-4,7-8,10H2,1-2H3,(H,15,19). The summed E-state index contributed by atoms with van der Waals surface area (Å²) in [7, 11) is 0. The van der Waals surface area contributed by atoms with Crippen LogP contribution >= 0.6 is 12.2 Å². The number of thiocarbonyl (C=S) groups is 1. The van der Waals surface area contributed by atoms with E-state index in [9.17, 15) is 0 Å². The molecular formula is C14H20N2O2S. The van der Waals surface area contributed by atoms with Crippen molar-refractivity contribution in [2.75, 3.05) is 26.3 Å². The summed E-state index contributed by atoms with van der Waals surface area (Å²) in [6.07, 6.45) is 0. The van der Waals surface area contributed by atoms with Gasteiger partial charge in [0.05, 0.1) is 0 Å². The Labute approximate surface area is 119 Å². The molecule has 2 rings (SSSR count). The van der Waals surface area contributed by atoms with E-state index < -0.39 is 0 Å². The van der Waals surface area contributed by atoms with E-state index in [0.717, 1.165) is 36.2 Å². The van der Waals surface area contributed by atoms with Gasteiger partial charge >= 0.3 is 0 Å². The van der Waals surface area contributed by atoms with Gasteiger partial charge in [-0.05, 0) is 43.8 Å². The molecule has 0 radical (unpaired) electrons. The van der Waals surface area contributed by atoms with Crippen LogP contribution in [0.5, 0.6) is 11.5 Å². The molecule has 0 saturated heterocycles. The molecule has 0 fully saturated rings. The van der Waals surface area contributed by atoms with Gasteiger partial charge in [-0.25, -0.2) is 0 Å². The number of hydrogen-bond acceptors (Lipinski definition) is 3. The molecule has 0 bridgehead atoms. The second kappa shape index (κ2) is 6.61. The fourth-order valence-electron chi connectivity index (χ4n) is 2.00. The summed E-state index contributed by atoms with van der Waals surface area (Å²) in [6.45, 7) is 7.88. The molecule has 4 nitrogen and oxygen atoms in total. The molecule has 104 valence electrons. The first-order valence-corrected chi connectivity index (χ1v) is 7.06. The second-order valence-corrected chi connectivity index (χ2v) is 4.71. The lowest BCUT2D eigenvalue weighted by Crippen LogP contribution is -2.38. The first-order valence-electron chi connectivity index (χ1n) is 6.66. The average molecular weight is 280 g/mol. The van der Waals surface area contributed by atoms with E-state index in [1.54, 1.807) is 0 Å². The Balaban J connectivity index is 2.07. The molecule has 5 heteroatoms. The molecule has 0 saturated carbocycles. The molecule has 1 aliphatic heterocycles. The number of fused-ring (bicyclic) bond motifs is 1. The van der Waals surface area contributed by atoms with E-state index >= 15 is 0 Å². The van der Waals surface area contributed by atoms with Gasteiger partial charge in [-0.15, -0.1) is 0 Å². The summed E-state index contributed by atoms with van der Waals surface area (Å²) in [6, 6.07) is 6.06. The molecule has 0 amide bonds. The molecule has 1 aromatic rings. The van der Waals surface area contributed by atoms with Crippen LogP contribution < -0.4 is 14.8 Å². The van der Waals surface area contributed by atoms with Crippen LogP contribution in [-0.2, 0) is 6.54 Å². The van der Waals surface area contributed by atoms with Crippen molar-refractivity contribution in [1.29, 1.82) is 0 Å². The Morgan fingerprint density at radius 1 is 1.26 bits per heavy atom. The predicted octanol–water partition coefficient (Wildman–Crippen LogP) is 2.17. The summed E-state index contributed by atoms with van der Waals surface area (Å²) >= 11 is 5.35. The minimum atomic E-state index is 0.615. The van der Waals surface area contributed by atoms with Gasteiger partial charge in [-0.2, -0.15) is 0 Å². The van der Waals surface area contributed by atoms with Gasteiger partial charge in [-0.1, -0.05) is 6.07 Å². The number of rotatable bonds is 4. The molecule has 19 heavy (non-hydrogen) atoms. The lowest BCUT2D eigenvalue weighted by atomic mass is 10.2. The lowest BCUT2D eigenvalue weighted by molar-refractivity contribution is 0.171. The Morgan fingerprint density at radius 3 is 2.68 bits per heavy atom. The van der Waals surface area contributed by atoms with E-state index in [0.29, 0.717) is 13.2 Å². The van der Waals surface area contributed by atoms with Gasteiger partial charge in [0.15, 0.2) is 16.6 Å². The summed E-state index contributed by atoms with van der Waals surface area (Å²) in [5.41, 5.74) is 1.17. The summed E-state index contributed by atoms with van der Waals surface area (Å²) < 4.78 is 11.1. The second-order valence-electron chi connectivity index (χ2n) is 4.33. The van der Waals surface area contributed by atoms with Crippen LogP contribution in [-0.4, -0.2) is 36.3 Å². The van der Waals surface area contributed by atoms with Crippen LogP contribution in [0.2, 0.25) is 0 Å². The third kappa shape index (κ3) is 3.50. The SMILES string of the molecule is CCNC(=S)N(CC)Cc1ccc2c(c1)OCCO2. The number of benzene rings is 1. The highest BCUT2D eigenvalue weighted by Crippen LogP contribution is 2.31. The summed E-state index contributed by atoms with van der Waals surface area (Å²) in [5.74, 6) is 1.65. The van der Waals surface area contributed by atoms with Crippen molar-refractivity contribution in [3.05, 3.63) is 23.8 Å². The zero-order valence-corrected chi connectivity index (χ0v) is 12.3. The highest BCUT2D eigenvalue weighted by molar-refractivity contribution is 7.80. The van der Waals surface area contributed by atoms with Crippen LogP contribution in [0.15, 0.2) is 18.2 Å². The van der Waals surface area contributed by atoms with Crippen molar-refractivity contribution < 1.29 is 9.47 Å². The third-order valence-electron chi connectivity index (χ3n) is 2.98. The molecule has 1 aromatic carbocycles. The number of nitrogens with zero attached hydrogens (tertiary/aromatic N) is 1. The van der Waals surface area contributed by atoms with Crippen molar-refractivity contribution in [3.63, 3.8) is 0 Å². The Bertz CT molecular complexity index is 451. The molecule has 1 N–H and O–H groups in total. The lowest BCUT2D eigenvalue weighted by Gasteiger charge is -2.25. The molecule has 0 atom stereocenters.